The van der Waals surface area contributed by atoms with E-state index in [2.05, 4.69) is 37.4 Å². The Morgan fingerprint density at radius 1 is 1.40 bits per heavy atom. The molecule has 1 heterocycles. The predicted octanol–water partition coefficient (Wildman–Crippen LogP) is 1.99. The molecule has 2 nitrogen and oxygen atoms in total. The normalized spacial score (nSPS) is 29.9. The van der Waals surface area contributed by atoms with E-state index in [1.165, 1.54) is 11.1 Å². The number of aliphatic hydroxyl groups excluding tert-OH is 1. The van der Waals surface area contributed by atoms with E-state index in [-0.39, 0.29) is 24.0 Å². The quantitative estimate of drug-likeness (QED) is 0.769. The molecule has 0 amide bonds. The standard InChI is InChI=1S/C12H17NO.ClH/c1-9-5-3-4-6-11(9)12(2)7-10(14)8-13-12;/h3-6,10,13-14H,7-8H2,1-2H3;1H. The first-order chi connectivity index (χ1) is 6.62. The Kier molecular flexibility index (Phi) is 3.77. The second kappa shape index (κ2) is 4.52. The van der Waals surface area contributed by atoms with Crippen molar-refractivity contribution in [3.05, 3.63) is 35.4 Å². The summed E-state index contributed by atoms with van der Waals surface area (Å²) in [5.41, 5.74) is 2.54. The van der Waals surface area contributed by atoms with E-state index >= 15 is 0 Å². The van der Waals surface area contributed by atoms with Crippen LogP contribution in [-0.2, 0) is 5.54 Å². The Morgan fingerprint density at radius 3 is 2.60 bits per heavy atom. The van der Waals surface area contributed by atoms with Crippen LogP contribution in [-0.4, -0.2) is 17.8 Å². The molecule has 2 atom stereocenters. The third-order valence-corrected chi connectivity index (χ3v) is 3.11. The average molecular weight is 228 g/mol. The molecule has 0 saturated carbocycles. The number of β-amino-alcohol motifs (C(OH)–C–C–N with tert-alkyl or cyclic N) is 1. The van der Waals surface area contributed by atoms with Gasteiger partial charge in [0.15, 0.2) is 0 Å². The first kappa shape index (κ1) is 12.5. The van der Waals surface area contributed by atoms with E-state index in [0.29, 0.717) is 6.54 Å². The highest BCUT2D eigenvalue weighted by Crippen LogP contribution is 2.32. The van der Waals surface area contributed by atoms with Gasteiger partial charge in [0.25, 0.3) is 0 Å². The molecule has 0 aliphatic carbocycles. The molecular formula is C12H18ClNO. The Morgan fingerprint density at radius 2 is 2.07 bits per heavy atom. The molecule has 1 aliphatic rings. The summed E-state index contributed by atoms with van der Waals surface area (Å²) in [4.78, 5) is 0. The van der Waals surface area contributed by atoms with Gasteiger partial charge in [0, 0.05) is 12.1 Å². The minimum Gasteiger partial charge on any atom is -0.392 e. The molecule has 0 spiro atoms. The zero-order valence-corrected chi connectivity index (χ0v) is 9.97. The van der Waals surface area contributed by atoms with Crippen LogP contribution in [0.3, 0.4) is 0 Å². The topological polar surface area (TPSA) is 32.3 Å². The molecule has 1 fully saturated rings. The van der Waals surface area contributed by atoms with Crippen LogP contribution in [0.4, 0.5) is 0 Å². The summed E-state index contributed by atoms with van der Waals surface area (Å²) < 4.78 is 0. The first-order valence-electron chi connectivity index (χ1n) is 5.11. The molecule has 1 aromatic carbocycles. The van der Waals surface area contributed by atoms with Crippen LogP contribution < -0.4 is 5.32 Å². The van der Waals surface area contributed by atoms with Crippen LogP contribution in [0.15, 0.2) is 24.3 Å². The number of benzene rings is 1. The van der Waals surface area contributed by atoms with Crippen molar-refractivity contribution in [2.75, 3.05) is 6.54 Å². The highest BCUT2D eigenvalue weighted by molar-refractivity contribution is 5.85. The summed E-state index contributed by atoms with van der Waals surface area (Å²) in [5.74, 6) is 0. The second-order valence-electron chi connectivity index (χ2n) is 4.39. The Labute approximate surface area is 97.1 Å². The van der Waals surface area contributed by atoms with E-state index in [1.807, 2.05) is 6.07 Å². The van der Waals surface area contributed by atoms with Crippen molar-refractivity contribution in [1.82, 2.24) is 5.32 Å². The Hall–Kier alpha value is -0.570. The molecule has 2 unspecified atom stereocenters. The smallest absolute Gasteiger partial charge is 0.0685 e. The SMILES string of the molecule is Cc1ccccc1C1(C)CC(O)CN1.Cl. The Balaban J connectivity index is 0.00000112. The van der Waals surface area contributed by atoms with Crippen LogP contribution in [0.5, 0.6) is 0 Å². The third-order valence-electron chi connectivity index (χ3n) is 3.11. The van der Waals surface area contributed by atoms with Gasteiger partial charge < -0.3 is 10.4 Å². The van der Waals surface area contributed by atoms with Gasteiger partial charge >= 0.3 is 0 Å². The number of nitrogens with one attached hydrogen (secondary N) is 1. The predicted molar refractivity (Wildman–Crippen MR) is 64.4 cm³/mol. The van der Waals surface area contributed by atoms with E-state index < -0.39 is 0 Å². The zero-order valence-electron chi connectivity index (χ0n) is 9.16. The summed E-state index contributed by atoms with van der Waals surface area (Å²) in [5, 5.41) is 12.9. The molecule has 3 heteroatoms. The van der Waals surface area contributed by atoms with Crippen molar-refractivity contribution in [1.29, 1.82) is 0 Å². The maximum atomic E-state index is 9.55. The third kappa shape index (κ3) is 2.33. The molecule has 15 heavy (non-hydrogen) atoms. The van der Waals surface area contributed by atoms with Crippen LogP contribution in [0.1, 0.15) is 24.5 Å². The number of aliphatic hydroxyl groups is 1. The van der Waals surface area contributed by atoms with E-state index in [0.717, 1.165) is 6.42 Å². The lowest BCUT2D eigenvalue weighted by molar-refractivity contribution is 0.186. The zero-order chi connectivity index (χ0) is 10.2. The van der Waals surface area contributed by atoms with Crippen LogP contribution in [0.2, 0.25) is 0 Å². The summed E-state index contributed by atoms with van der Waals surface area (Å²) in [6.45, 7) is 4.98. The number of rotatable bonds is 1. The molecule has 2 N–H and O–H groups in total. The summed E-state index contributed by atoms with van der Waals surface area (Å²) in [7, 11) is 0. The van der Waals surface area contributed by atoms with Gasteiger partial charge in [-0.2, -0.15) is 0 Å². The number of halogens is 1. The van der Waals surface area contributed by atoms with Gasteiger partial charge in [-0.3, -0.25) is 0 Å². The first-order valence-corrected chi connectivity index (χ1v) is 5.11. The molecular weight excluding hydrogens is 210 g/mol. The van der Waals surface area contributed by atoms with Crippen molar-refractivity contribution in [2.45, 2.75) is 31.9 Å². The summed E-state index contributed by atoms with van der Waals surface area (Å²) >= 11 is 0. The van der Waals surface area contributed by atoms with Crippen LogP contribution in [0.25, 0.3) is 0 Å². The number of hydrogen-bond acceptors (Lipinski definition) is 2. The molecule has 2 rings (SSSR count). The molecule has 1 saturated heterocycles. The number of hydrogen-bond donors (Lipinski definition) is 2. The van der Waals surface area contributed by atoms with Gasteiger partial charge in [-0.15, -0.1) is 12.4 Å². The van der Waals surface area contributed by atoms with Crippen molar-refractivity contribution < 1.29 is 5.11 Å². The van der Waals surface area contributed by atoms with Gasteiger partial charge in [0.05, 0.1) is 6.10 Å². The lowest BCUT2D eigenvalue weighted by atomic mass is 9.87. The van der Waals surface area contributed by atoms with Crippen LogP contribution >= 0.6 is 12.4 Å². The van der Waals surface area contributed by atoms with Gasteiger partial charge in [-0.05, 0) is 31.4 Å². The lowest BCUT2D eigenvalue weighted by Gasteiger charge is -2.26. The summed E-state index contributed by atoms with van der Waals surface area (Å²) in [6, 6.07) is 8.36. The second-order valence-corrected chi connectivity index (χ2v) is 4.39. The monoisotopic (exact) mass is 227 g/mol. The van der Waals surface area contributed by atoms with Gasteiger partial charge in [-0.25, -0.2) is 0 Å². The highest BCUT2D eigenvalue weighted by atomic mass is 35.5. The Bertz CT molecular complexity index is 342. The van der Waals surface area contributed by atoms with Crippen molar-refractivity contribution in [3.63, 3.8) is 0 Å². The number of aryl methyl sites for hydroxylation is 1. The average Bonchev–Trinajstić information content (AvgIpc) is 2.48. The summed E-state index contributed by atoms with van der Waals surface area (Å²) in [6.07, 6.45) is 0.595. The minimum atomic E-state index is -0.209. The van der Waals surface area contributed by atoms with Crippen molar-refractivity contribution in [2.24, 2.45) is 0 Å². The fourth-order valence-corrected chi connectivity index (χ4v) is 2.36. The molecule has 1 aliphatic heterocycles. The van der Waals surface area contributed by atoms with E-state index in [4.69, 9.17) is 0 Å². The maximum Gasteiger partial charge on any atom is 0.0685 e. The van der Waals surface area contributed by atoms with Crippen molar-refractivity contribution in [3.8, 4) is 0 Å². The highest BCUT2D eigenvalue weighted by Gasteiger charge is 2.35. The van der Waals surface area contributed by atoms with Crippen molar-refractivity contribution >= 4 is 12.4 Å². The van der Waals surface area contributed by atoms with Gasteiger partial charge in [0.1, 0.15) is 0 Å². The molecule has 0 aromatic heterocycles. The fourth-order valence-electron chi connectivity index (χ4n) is 2.36. The van der Waals surface area contributed by atoms with Gasteiger partial charge in [0.2, 0.25) is 0 Å². The largest absolute Gasteiger partial charge is 0.392 e. The minimum absolute atomic E-state index is 0. The van der Waals surface area contributed by atoms with E-state index in [1.54, 1.807) is 0 Å². The fraction of sp³-hybridized carbons (Fsp3) is 0.500. The maximum absolute atomic E-state index is 9.55. The van der Waals surface area contributed by atoms with Crippen LogP contribution in [0, 0.1) is 6.92 Å². The molecule has 1 aromatic rings. The molecule has 0 radical (unpaired) electrons. The van der Waals surface area contributed by atoms with E-state index in [9.17, 15) is 5.11 Å². The molecule has 84 valence electrons. The lowest BCUT2D eigenvalue weighted by Crippen LogP contribution is -2.33. The molecule has 0 bridgehead atoms. The van der Waals surface area contributed by atoms with Gasteiger partial charge in [-0.1, -0.05) is 24.3 Å².